The Bertz CT molecular complexity index is 791. The molecule has 3 aliphatic rings. The Morgan fingerprint density at radius 1 is 0.885 bits per heavy atom. The second kappa shape index (κ2) is 6.13. The minimum atomic E-state index is 0.184. The van der Waals surface area contributed by atoms with E-state index in [0.29, 0.717) is 5.41 Å². The van der Waals surface area contributed by atoms with E-state index in [1.54, 1.807) is 0 Å². The number of piperidine rings is 1. The van der Waals surface area contributed by atoms with Gasteiger partial charge in [-0.1, -0.05) is 24.3 Å². The van der Waals surface area contributed by atoms with Crippen LogP contribution in [0.3, 0.4) is 0 Å². The molecule has 2 aromatic carbocycles. The monoisotopic (exact) mass is 347 g/mol. The van der Waals surface area contributed by atoms with Crippen molar-refractivity contribution in [1.29, 1.82) is 0 Å². The fourth-order valence-electron chi connectivity index (χ4n) is 4.53. The standard InChI is InChI=1S/C22H25N3O/c26-21(24-11-9-22(10-12-24)15-23-16-22)17-5-7-20(8-6-17)25-13-18-3-1-2-4-19(18)14-25/h1-8,23H,9-16H2. The van der Waals surface area contributed by atoms with Crippen molar-refractivity contribution in [1.82, 2.24) is 10.2 Å². The van der Waals surface area contributed by atoms with Gasteiger partial charge in [-0.3, -0.25) is 4.79 Å². The fraction of sp³-hybridized carbons (Fsp3) is 0.409. The van der Waals surface area contributed by atoms with Crippen molar-refractivity contribution in [2.75, 3.05) is 31.1 Å². The molecule has 0 radical (unpaired) electrons. The van der Waals surface area contributed by atoms with Crippen molar-refractivity contribution in [2.45, 2.75) is 25.9 Å². The highest BCUT2D eigenvalue weighted by molar-refractivity contribution is 5.94. The van der Waals surface area contributed by atoms with Crippen LogP contribution in [0, 0.1) is 5.41 Å². The molecule has 0 saturated carbocycles. The third-order valence-corrected chi connectivity index (χ3v) is 6.43. The van der Waals surface area contributed by atoms with Crippen LogP contribution in [0.15, 0.2) is 48.5 Å². The Morgan fingerprint density at radius 2 is 1.50 bits per heavy atom. The molecular formula is C22H25N3O. The predicted octanol–water partition coefficient (Wildman–Crippen LogP) is 3.03. The Kier molecular flexibility index (Phi) is 3.75. The smallest absolute Gasteiger partial charge is 0.253 e. The van der Waals surface area contributed by atoms with E-state index < -0.39 is 0 Å². The summed E-state index contributed by atoms with van der Waals surface area (Å²) < 4.78 is 0. The first kappa shape index (κ1) is 15.9. The van der Waals surface area contributed by atoms with Crippen molar-refractivity contribution in [3.05, 3.63) is 65.2 Å². The van der Waals surface area contributed by atoms with Crippen LogP contribution in [0.1, 0.15) is 34.3 Å². The summed E-state index contributed by atoms with van der Waals surface area (Å²) in [6.45, 7) is 5.94. The zero-order valence-corrected chi connectivity index (χ0v) is 15.1. The Morgan fingerprint density at radius 3 is 2.04 bits per heavy atom. The van der Waals surface area contributed by atoms with E-state index in [4.69, 9.17) is 0 Å². The van der Waals surface area contributed by atoms with Gasteiger partial charge >= 0.3 is 0 Å². The lowest BCUT2D eigenvalue weighted by Crippen LogP contribution is -2.58. The molecule has 2 fully saturated rings. The fourth-order valence-corrected chi connectivity index (χ4v) is 4.53. The minimum absolute atomic E-state index is 0.184. The number of hydrogen-bond donors (Lipinski definition) is 1. The van der Waals surface area contributed by atoms with Gasteiger partial charge < -0.3 is 15.1 Å². The number of rotatable bonds is 2. The van der Waals surface area contributed by atoms with Gasteiger partial charge in [0.2, 0.25) is 0 Å². The van der Waals surface area contributed by atoms with Crippen LogP contribution in [0.2, 0.25) is 0 Å². The summed E-state index contributed by atoms with van der Waals surface area (Å²) in [7, 11) is 0. The summed E-state index contributed by atoms with van der Waals surface area (Å²) in [6, 6.07) is 16.8. The molecule has 5 rings (SSSR count). The van der Waals surface area contributed by atoms with Crippen molar-refractivity contribution < 1.29 is 4.79 Å². The summed E-state index contributed by atoms with van der Waals surface area (Å²) in [5.74, 6) is 0.184. The van der Waals surface area contributed by atoms with E-state index in [1.165, 1.54) is 16.8 Å². The van der Waals surface area contributed by atoms with Gasteiger partial charge in [-0.15, -0.1) is 0 Å². The molecule has 134 valence electrons. The molecule has 4 nitrogen and oxygen atoms in total. The molecule has 0 bridgehead atoms. The van der Waals surface area contributed by atoms with Crippen LogP contribution in [0.5, 0.6) is 0 Å². The van der Waals surface area contributed by atoms with E-state index >= 15 is 0 Å². The maximum Gasteiger partial charge on any atom is 0.253 e. The van der Waals surface area contributed by atoms with Crippen LogP contribution in [0.25, 0.3) is 0 Å². The molecule has 0 aromatic heterocycles. The topological polar surface area (TPSA) is 35.6 Å². The normalized spacial score (nSPS) is 20.8. The first-order chi connectivity index (χ1) is 12.7. The number of nitrogens with zero attached hydrogens (tertiary/aromatic N) is 2. The number of amides is 1. The highest BCUT2D eigenvalue weighted by atomic mass is 16.2. The van der Waals surface area contributed by atoms with Gasteiger partial charge in [-0.05, 0) is 53.6 Å². The van der Waals surface area contributed by atoms with Crippen LogP contribution < -0.4 is 10.2 Å². The highest BCUT2D eigenvalue weighted by Gasteiger charge is 2.40. The van der Waals surface area contributed by atoms with Gasteiger partial charge in [0, 0.05) is 50.5 Å². The average molecular weight is 347 g/mol. The largest absolute Gasteiger partial charge is 0.363 e. The van der Waals surface area contributed by atoms with Gasteiger partial charge in [-0.25, -0.2) is 0 Å². The maximum absolute atomic E-state index is 12.8. The molecule has 1 amide bonds. The summed E-state index contributed by atoms with van der Waals surface area (Å²) in [5, 5.41) is 3.38. The number of carbonyl (C=O) groups is 1. The Labute approximate surface area is 154 Å². The summed E-state index contributed by atoms with van der Waals surface area (Å²) in [4.78, 5) is 17.2. The summed E-state index contributed by atoms with van der Waals surface area (Å²) >= 11 is 0. The van der Waals surface area contributed by atoms with E-state index in [9.17, 15) is 4.79 Å². The van der Waals surface area contributed by atoms with Crippen LogP contribution in [-0.4, -0.2) is 37.0 Å². The van der Waals surface area contributed by atoms with Crippen molar-refractivity contribution in [2.24, 2.45) is 5.41 Å². The highest BCUT2D eigenvalue weighted by Crippen LogP contribution is 2.35. The molecule has 0 atom stereocenters. The van der Waals surface area contributed by atoms with Crippen molar-refractivity contribution in [3.63, 3.8) is 0 Å². The van der Waals surface area contributed by atoms with E-state index in [-0.39, 0.29) is 5.91 Å². The zero-order chi connectivity index (χ0) is 17.6. The van der Waals surface area contributed by atoms with Crippen molar-refractivity contribution in [3.8, 4) is 0 Å². The predicted molar refractivity (Wildman–Crippen MR) is 103 cm³/mol. The zero-order valence-electron chi connectivity index (χ0n) is 15.1. The van der Waals surface area contributed by atoms with Gasteiger partial charge in [0.25, 0.3) is 5.91 Å². The second-order valence-electron chi connectivity index (χ2n) is 8.07. The molecule has 26 heavy (non-hydrogen) atoms. The molecule has 2 saturated heterocycles. The maximum atomic E-state index is 12.8. The lowest BCUT2D eigenvalue weighted by molar-refractivity contribution is 0.0415. The number of fused-ring (bicyclic) bond motifs is 1. The van der Waals surface area contributed by atoms with E-state index in [2.05, 4.69) is 46.6 Å². The summed E-state index contributed by atoms with van der Waals surface area (Å²) in [5.41, 5.74) is 5.29. The number of likely N-dealkylation sites (tertiary alicyclic amines) is 1. The van der Waals surface area contributed by atoms with E-state index in [1.807, 2.05) is 17.0 Å². The summed E-state index contributed by atoms with van der Waals surface area (Å²) in [6.07, 6.45) is 2.27. The van der Waals surface area contributed by atoms with Crippen LogP contribution in [0.4, 0.5) is 5.69 Å². The number of anilines is 1. The van der Waals surface area contributed by atoms with Gasteiger partial charge in [0.1, 0.15) is 0 Å². The number of benzene rings is 2. The molecule has 3 heterocycles. The molecule has 1 N–H and O–H groups in total. The molecule has 0 unspecified atom stereocenters. The van der Waals surface area contributed by atoms with Crippen LogP contribution in [-0.2, 0) is 13.1 Å². The number of hydrogen-bond acceptors (Lipinski definition) is 3. The molecular weight excluding hydrogens is 322 g/mol. The Hall–Kier alpha value is -2.33. The molecule has 0 aliphatic carbocycles. The lowest BCUT2D eigenvalue weighted by Gasteiger charge is -2.48. The average Bonchev–Trinajstić information content (AvgIpc) is 3.11. The lowest BCUT2D eigenvalue weighted by atomic mass is 9.73. The quantitative estimate of drug-likeness (QED) is 0.907. The van der Waals surface area contributed by atoms with Gasteiger partial charge in [0.05, 0.1) is 0 Å². The minimum Gasteiger partial charge on any atom is -0.363 e. The van der Waals surface area contributed by atoms with Gasteiger partial charge in [0.15, 0.2) is 0 Å². The third-order valence-electron chi connectivity index (χ3n) is 6.43. The second-order valence-corrected chi connectivity index (χ2v) is 8.07. The molecule has 4 heteroatoms. The van der Waals surface area contributed by atoms with E-state index in [0.717, 1.165) is 57.7 Å². The third kappa shape index (κ3) is 2.69. The van der Waals surface area contributed by atoms with Crippen molar-refractivity contribution >= 4 is 11.6 Å². The Balaban J connectivity index is 1.25. The number of carbonyl (C=O) groups excluding carboxylic acids is 1. The molecule has 1 spiro atoms. The first-order valence-corrected chi connectivity index (χ1v) is 9.64. The molecule has 2 aromatic rings. The molecule has 3 aliphatic heterocycles. The SMILES string of the molecule is O=C(c1ccc(N2Cc3ccccc3C2)cc1)N1CCC2(CC1)CNC2. The van der Waals surface area contributed by atoms with Crippen LogP contribution >= 0.6 is 0 Å². The first-order valence-electron chi connectivity index (χ1n) is 9.64. The van der Waals surface area contributed by atoms with Gasteiger partial charge in [-0.2, -0.15) is 0 Å². The number of nitrogens with one attached hydrogen (secondary N) is 1.